The number of anilines is 1. The smallest absolute Gasteiger partial charge is 0.126 e. The van der Waals surface area contributed by atoms with Gasteiger partial charge >= 0.3 is 0 Å². The molecule has 0 fully saturated rings. The van der Waals surface area contributed by atoms with Crippen molar-refractivity contribution in [1.29, 1.82) is 0 Å². The van der Waals surface area contributed by atoms with E-state index in [2.05, 4.69) is 24.1 Å². The van der Waals surface area contributed by atoms with Crippen LogP contribution in [-0.2, 0) is 11.3 Å². The van der Waals surface area contributed by atoms with Crippen molar-refractivity contribution in [3.05, 3.63) is 22.8 Å². The van der Waals surface area contributed by atoms with Crippen LogP contribution in [0.25, 0.3) is 0 Å². The molecule has 1 aromatic rings. The predicted molar refractivity (Wildman–Crippen MR) is 86.4 cm³/mol. The second-order valence-corrected chi connectivity index (χ2v) is 5.49. The summed E-state index contributed by atoms with van der Waals surface area (Å²) in [6.45, 7) is 8.63. The molecule has 4 heteroatoms. The summed E-state index contributed by atoms with van der Waals surface area (Å²) < 4.78 is 5.81. The third-order valence-corrected chi connectivity index (χ3v) is 3.76. The van der Waals surface area contributed by atoms with Crippen molar-refractivity contribution in [2.45, 2.75) is 53.1 Å². The first kappa shape index (κ1) is 17.3. The Labute approximate surface area is 128 Å². The van der Waals surface area contributed by atoms with E-state index >= 15 is 0 Å². The number of hydrogen-bond donors (Lipinski definition) is 1. The number of pyridine rings is 1. The van der Waals surface area contributed by atoms with Gasteiger partial charge in [-0.2, -0.15) is 0 Å². The maximum Gasteiger partial charge on any atom is 0.126 e. The summed E-state index contributed by atoms with van der Waals surface area (Å²) >= 11 is 6.16. The molecule has 0 spiro atoms. The van der Waals surface area contributed by atoms with Crippen LogP contribution >= 0.6 is 11.6 Å². The third kappa shape index (κ3) is 6.10. The van der Waals surface area contributed by atoms with E-state index in [1.807, 2.05) is 19.1 Å². The highest BCUT2D eigenvalue weighted by molar-refractivity contribution is 6.31. The Morgan fingerprint density at radius 3 is 2.75 bits per heavy atom. The minimum Gasteiger partial charge on any atom is -0.375 e. The highest BCUT2D eigenvalue weighted by Gasteiger charge is 2.08. The summed E-state index contributed by atoms with van der Waals surface area (Å²) in [6.07, 6.45) is 4.93. The molecule has 1 heterocycles. The average molecular weight is 299 g/mol. The van der Waals surface area contributed by atoms with Crippen molar-refractivity contribution < 1.29 is 4.74 Å². The number of hydrogen-bond acceptors (Lipinski definition) is 3. The van der Waals surface area contributed by atoms with Crippen LogP contribution < -0.4 is 5.32 Å². The summed E-state index contributed by atoms with van der Waals surface area (Å²) in [6, 6.07) is 3.77. The quantitative estimate of drug-likeness (QED) is 0.667. The summed E-state index contributed by atoms with van der Waals surface area (Å²) in [4.78, 5) is 4.48. The van der Waals surface area contributed by atoms with Gasteiger partial charge in [0.2, 0.25) is 0 Å². The minimum absolute atomic E-state index is 0.487. The number of unbranched alkanes of at least 4 members (excludes halogenated alkanes) is 1. The van der Waals surface area contributed by atoms with E-state index in [9.17, 15) is 0 Å². The molecule has 20 heavy (non-hydrogen) atoms. The van der Waals surface area contributed by atoms with Crippen LogP contribution in [0.3, 0.4) is 0 Å². The lowest BCUT2D eigenvalue weighted by atomic mass is 10.0. The first-order chi connectivity index (χ1) is 9.71. The molecule has 1 rings (SSSR count). The number of nitrogens with one attached hydrogen (secondary N) is 1. The van der Waals surface area contributed by atoms with E-state index in [1.165, 1.54) is 25.7 Å². The van der Waals surface area contributed by atoms with Crippen molar-refractivity contribution in [2.24, 2.45) is 5.92 Å². The van der Waals surface area contributed by atoms with Crippen LogP contribution in [0.2, 0.25) is 5.02 Å². The Kier molecular flexibility index (Phi) is 8.63. The highest BCUT2D eigenvalue weighted by atomic mass is 35.5. The topological polar surface area (TPSA) is 34.1 Å². The maximum absolute atomic E-state index is 6.16. The summed E-state index contributed by atoms with van der Waals surface area (Å²) in [5.74, 6) is 1.50. The van der Waals surface area contributed by atoms with Gasteiger partial charge < -0.3 is 10.1 Å². The van der Waals surface area contributed by atoms with E-state index in [1.54, 1.807) is 0 Å². The molecule has 0 bridgehead atoms. The molecular formula is C16H27ClN2O. The summed E-state index contributed by atoms with van der Waals surface area (Å²) in [5, 5.41) is 3.86. The Morgan fingerprint density at radius 1 is 1.30 bits per heavy atom. The molecule has 0 aromatic carbocycles. The zero-order chi connectivity index (χ0) is 14.8. The molecule has 0 aliphatic rings. The highest BCUT2D eigenvalue weighted by Crippen LogP contribution is 2.19. The van der Waals surface area contributed by atoms with Crippen LogP contribution in [0.4, 0.5) is 5.82 Å². The van der Waals surface area contributed by atoms with Crippen LogP contribution in [0.5, 0.6) is 0 Å². The summed E-state index contributed by atoms with van der Waals surface area (Å²) in [7, 11) is 0. The van der Waals surface area contributed by atoms with Gasteiger partial charge in [0, 0.05) is 13.2 Å². The van der Waals surface area contributed by atoms with Gasteiger partial charge in [0.25, 0.3) is 0 Å². The van der Waals surface area contributed by atoms with Crippen LogP contribution in [0, 0.1) is 5.92 Å². The van der Waals surface area contributed by atoms with Gasteiger partial charge in [-0.05, 0) is 31.4 Å². The summed E-state index contributed by atoms with van der Waals surface area (Å²) in [5.41, 5.74) is 0.815. The Hall–Kier alpha value is -0.800. The second kappa shape index (κ2) is 10.0. The minimum atomic E-state index is 0.487. The van der Waals surface area contributed by atoms with Crippen molar-refractivity contribution in [3.63, 3.8) is 0 Å². The van der Waals surface area contributed by atoms with Gasteiger partial charge in [-0.3, -0.25) is 0 Å². The first-order valence-corrected chi connectivity index (χ1v) is 8.06. The van der Waals surface area contributed by atoms with Gasteiger partial charge in [0.1, 0.15) is 5.82 Å². The number of halogens is 1. The fourth-order valence-electron chi connectivity index (χ4n) is 2.09. The molecule has 0 radical (unpaired) electrons. The normalized spacial score (nSPS) is 12.4. The van der Waals surface area contributed by atoms with Gasteiger partial charge in [-0.1, -0.05) is 44.7 Å². The van der Waals surface area contributed by atoms with Gasteiger partial charge in [0.05, 0.1) is 17.3 Å². The molecule has 0 aliphatic carbocycles. The standard InChI is InChI=1S/C16H27ClN2O/c1-4-7-8-13(5-2)11-20-12-15-14(17)9-10-16(19-15)18-6-3/h9-10,13H,4-8,11-12H2,1-3H3,(H,18,19). The fourth-order valence-corrected chi connectivity index (χ4v) is 2.25. The SMILES string of the molecule is CCCCC(CC)COCc1nc(NCC)ccc1Cl. The molecule has 3 nitrogen and oxygen atoms in total. The lowest BCUT2D eigenvalue weighted by Gasteiger charge is -2.15. The van der Waals surface area contributed by atoms with E-state index in [-0.39, 0.29) is 0 Å². The number of rotatable bonds is 10. The number of aromatic nitrogens is 1. The average Bonchev–Trinajstić information content (AvgIpc) is 2.46. The van der Waals surface area contributed by atoms with Gasteiger partial charge in [-0.15, -0.1) is 0 Å². The Morgan fingerprint density at radius 2 is 2.10 bits per heavy atom. The van der Waals surface area contributed by atoms with Crippen LogP contribution in [0.1, 0.15) is 52.1 Å². The van der Waals surface area contributed by atoms with Crippen molar-refractivity contribution >= 4 is 17.4 Å². The monoisotopic (exact) mass is 298 g/mol. The third-order valence-electron chi connectivity index (χ3n) is 3.41. The van der Waals surface area contributed by atoms with Crippen molar-refractivity contribution in [2.75, 3.05) is 18.5 Å². The zero-order valence-electron chi connectivity index (χ0n) is 12.9. The molecule has 1 unspecified atom stereocenters. The molecule has 1 atom stereocenters. The van der Waals surface area contributed by atoms with Crippen molar-refractivity contribution in [1.82, 2.24) is 4.98 Å². The van der Waals surface area contributed by atoms with Gasteiger partial charge in [-0.25, -0.2) is 4.98 Å². The van der Waals surface area contributed by atoms with Gasteiger partial charge in [0.15, 0.2) is 0 Å². The lowest BCUT2D eigenvalue weighted by Crippen LogP contribution is -2.10. The Balaban J connectivity index is 2.45. The fraction of sp³-hybridized carbons (Fsp3) is 0.688. The first-order valence-electron chi connectivity index (χ1n) is 7.68. The Bertz CT molecular complexity index is 385. The van der Waals surface area contributed by atoms with E-state index < -0.39 is 0 Å². The molecule has 1 N–H and O–H groups in total. The lowest BCUT2D eigenvalue weighted by molar-refractivity contribution is 0.0800. The number of ether oxygens (including phenoxy) is 1. The maximum atomic E-state index is 6.16. The molecule has 114 valence electrons. The zero-order valence-corrected chi connectivity index (χ0v) is 13.7. The van der Waals surface area contributed by atoms with E-state index in [0.29, 0.717) is 17.5 Å². The molecule has 1 aromatic heterocycles. The number of nitrogens with zero attached hydrogens (tertiary/aromatic N) is 1. The predicted octanol–water partition coefficient (Wildman–Crippen LogP) is 4.90. The van der Waals surface area contributed by atoms with E-state index in [4.69, 9.17) is 16.3 Å². The second-order valence-electron chi connectivity index (χ2n) is 5.09. The molecule has 0 amide bonds. The molecule has 0 saturated carbocycles. The van der Waals surface area contributed by atoms with Crippen LogP contribution in [-0.4, -0.2) is 18.1 Å². The van der Waals surface area contributed by atoms with Crippen LogP contribution in [0.15, 0.2) is 12.1 Å². The van der Waals surface area contributed by atoms with E-state index in [0.717, 1.165) is 24.7 Å². The molecule has 0 aliphatic heterocycles. The largest absolute Gasteiger partial charge is 0.375 e. The molecule has 0 saturated heterocycles. The van der Waals surface area contributed by atoms with Crippen molar-refractivity contribution in [3.8, 4) is 0 Å². The molecular weight excluding hydrogens is 272 g/mol.